The van der Waals surface area contributed by atoms with E-state index >= 15 is 0 Å². The van der Waals surface area contributed by atoms with Crippen LogP contribution in [0.25, 0.3) is 77.5 Å². The standard InChI is InChI=1S/C39H25N3/c1-3-13-30-26(9-1)11-7-16-34(30)37-25-38(35-17-8-12-27-10-2-4-14-31(27)35)42-39(41-37)29-21-19-28(20-22-29)32-23-24-40-36-18-6-5-15-33(32)36/h1-25H. The average Bonchev–Trinajstić information content (AvgIpc) is 3.07. The van der Waals surface area contributed by atoms with Crippen LogP contribution in [0.2, 0.25) is 0 Å². The van der Waals surface area contributed by atoms with Crippen molar-refractivity contribution < 1.29 is 0 Å². The molecule has 0 aliphatic heterocycles. The maximum atomic E-state index is 5.16. The predicted octanol–water partition coefficient (Wildman–Crippen LogP) is 10.00. The van der Waals surface area contributed by atoms with E-state index in [-0.39, 0.29) is 0 Å². The Morgan fingerprint density at radius 1 is 0.381 bits per heavy atom. The van der Waals surface area contributed by atoms with E-state index in [2.05, 4.69) is 145 Å². The van der Waals surface area contributed by atoms with Gasteiger partial charge in [0.15, 0.2) is 5.82 Å². The molecule has 0 saturated heterocycles. The average molecular weight is 536 g/mol. The van der Waals surface area contributed by atoms with Crippen LogP contribution in [0.5, 0.6) is 0 Å². The van der Waals surface area contributed by atoms with Gasteiger partial charge < -0.3 is 0 Å². The highest BCUT2D eigenvalue weighted by molar-refractivity contribution is 5.99. The fourth-order valence-corrected chi connectivity index (χ4v) is 5.90. The van der Waals surface area contributed by atoms with Crippen LogP contribution in [0.3, 0.4) is 0 Å². The highest BCUT2D eigenvalue weighted by atomic mass is 14.9. The minimum atomic E-state index is 0.703. The van der Waals surface area contributed by atoms with Crippen molar-refractivity contribution in [2.75, 3.05) is 0 Å². The van der Waals surface area contributed by atoms with Crippen molar-refractivity contribution in [3.05, 3.63) is 152 Å². The van der Waals surface area contributed by atoms with Gasteiger partial charge in [0.1, 0.15) is 0 Å². The molecule has 8 aromatic rings. The molecule has 0 bridgehead atoms. The smallest absolute Gasteiger partial charge is 0.160 e. The predicted molar refractivity (Wildman–Crippen MR) is 174 cm³/mol. The SMILES string of the molecule is c1ccc2c(-c3cc(-c4cccc5ccccc45)nc(-c4ccc(-c5ccnc6ccccc56)cc4)n3)cccc2c1. The zero-order valence-corrected chi connectivity index (χ0v) is 22.8. The van der Waals surface area contributed by atoms with E-state index in [1.807, 2.05) is 12.3 Å². The molecule has 42 heavy (non-hydrogen) atoms. The Morgan fingerprint density at radius 2 is 0.905 bits per heavy atom. The molecule has 2 heterocycles. The summed E-state index contributed by atoms with van der Waals surface area (Å²) in [6.07, 6.45) is 1.87. The molecule has 3 heteroatoms. The zero-order valence-electron chi connectivity index (χ0n) is 22.8. The highest BCUT2D eigenvalue weighted by Gasteiger charge is 2.14. The molecule has 0 spiro atoms. The molecule has 3 nitrogen and oxygen atoms in total. The Bertz CT molecular complexity index is 2140. The third-order valence-corrected chi connectivity index (χ3v) is 7.96. The summed E-state index contributed by atoms with van der Waals surface area (Å²) in [5.74, 6) is 0.703. The Hall–Kier alpha value is -5.67. The molecular formula is C39H25N3. The van der Waals surface area contributed by atoms with Crippen LogP contribution in [0.4, 0.5) is 0 Å². The fraction of sp³-hybridized carbons (Fsp3) is 0. The largest absolute Gasteiger partial charge is 0.256 e. The molecule has 0 N–H and O–H groups in total. The Kier molecular flexibility index (Phi) is 5.79. The molecule has 0 amide bonds. The topological polar surface area (TPSA) is 38.7 Å². The lowest BCUT2D eigenvalue weighted by Crippen LogP contribution is -1.97. The van der Waals surface area contributed by atoms with Crippen molar-refractivity contribution in [1.82, 2.24) is 15.0 Å². The highest BCUT2D eigenvalue weighted by Crippen LogP contribution is 2.35. The fourth-order valence-electron chi connectivity index (χ4n) is 5.90. The number of fused-ring (bicyclic) bond motifs is 3. The third kappa shape index (κ3) is 4.20. The number of hydrogen-bond acceptors (Lipinski definition) is 3. The van der Waals surface area contributed by atoms with Crippen LogP contribution in [-0.4, -0.2) is 15.0 Å². The van der Waals surface area contributed by atoms with Crippen LogP contribution in [0.1, 0.15) is 0 Å². The summed E-state index contributed by atoms with van der Waals surface area (Å²) in [5, 5.41) is 5.87. The summed E-state index contributed by atoms with van der Waals surface area (Å²) < 4.78 is 0. The summed E-state index contributed by atoms with van der Waals surface area (Å²) in [6, 6.07) is 50.8. The van der Waals surface area contributed by atoms with E-state index in [0.717, 1.165) is 50.1 Å². The lowest BCUT2D eigenvalue weighted by Gasteiger charge is -2.13. The molecule has 8 rings (SSSR count). The Balaban J connectivity index is 1.31. The quantitative estimate of drug-likeness (QED) is 0.225. The number of benzene rings is 6. The summed E-state index contributed by atoms with van der Waals surface area (Å²) in [4.78, 5) is 14.9. The first-order chi connectivity index (χ1) is 20.8. The minimum Gasteiger partial charge on any atom is -0.256 e. The molecule has 0 unspecified atom stereocenters. The van der Waals surface area contributed by atoms with Crippen LogP contribution in [-0.2, 0) is 0 Å². The van der Waals surface area contributed by atoms with Crippen molar-refractivity contribution in [1.29, 1.82) is 0 Å². The molecule has 0 aliphatic rings. The van der Waals surface area contributed by atoms with Crippen molar-refractivity contribution in [2.45, 2.75) is 0 Å². The van der Waals surface area contributed by atoms with Gasteiger partial charge in [0.2, 0.25) is 0 Å². The van der Waals surface area contributed by atoms with Gasteiger partial charge in [-0.15, -0.1) is 0 Å². The number of nitrogens with zero attached hydrogens (tertiary/aromatic N) is 3. The summed E-state index contributed by atoms with van der Waals surface area (Å²) in [6.45, 7) is 0. The molecule has 0 atom stereocenters. The molecule has 196 valence electrons. The summed E-state index contributed by atoms with van der Waals surface area (Å²) in [7, 11) is 0. The first kappa shape index (κ1) is 24.2. The van der Waals surface area contributed by atoms with Gasteiger partial charge >= 0.3 is 0 Å². The Morgan fingerprint density at radius 3 is 1.55 bits per heavy atom. The number of rotatable bonds is 4. The molecule has 0 saturated carbocycles. The first-order valence-electron chi connectivity index (χ1n) is 14.1. The van der Waals surface area contributed by atoms with E-state index in [9.17, 15) is 0 Å². The monoisotopic (exact) mass is 535 g/mol. The lowest BCUT2D eigenvalue weighted by molar-refractivity contribution is 1.19. The van der Waals surface area contributed by atoms with E-state index in [1.54, 1.807) is 0 Å². The van der Waals surface area contributed by atoms with Gasteiger partial charge in [-0.2, -0.15) is 0 Å². The van der Waals surface area contributed by atoms with Gasteiger partial charge in [0.05, 0.1) is 16.9 Å². The van der Waals surface area contributed by atoms with Crippen molar-refractivity contribution in [3.8, 4) is 45.0 Å². The molecule has 0 fully saturated rings. The lowest BCUT2D eigenvalue weighted by atomic mass is 9.98. The zero-order chi connectivity index (χ0) is 27.9. The second-order valence-corrected chi connectivity index (χ2v) is 10.5. The maximum Gasteiger partial charge on any atom is 0.160 e. The second kappa shape index (κ2) is 10.1. The number of aromatic nitrogens is 3. The molecule has 0 radical (unpaired) electrons. The molecule has 6 aromatic carbocycles. The van der Waals surface area contributed by atoms with Gasteiger partial charge in [-0.3, -0.25) is 4.98 Å². The number of hydrogen-bond donors (Lipinski definition) is 0. The molecule has 0 aliphatic carbocycles. The van der Waals surface area contributed by atoms with E-state index in [1.165, 1.54) is 21.5 Å². The maximum absolute atomic E-state index is 5.16. The number of pyridine rings is 1. The van der Waals surface area contributed by atoms with Crippen molar-refractivity contribution in [3.63, 3.8) is 0 Å². The van der Waals surface area contributed by atoms with Gasteiger partial charge in [-0.05, 0) is 50.9 Å². The van der Waals surface area contributed by atoms with Gasteiger partial charge in [0, 0.05) is 28.3 Å². The Labute approximate surface area is 243 Å². The van der Waals surface area contributed by atoms with Crippen LogP contribution >= 0.6 is 0 Å². The van der Waals surface area contributed by atoms with Crippen molar-refractivity contribution >= 4 is 32.4 Å². The van der Waals surface area contributed by atoms with Gasteiger partial charge in [-0.1, -0.05) is 127 Å². The summed E-state index contributed by atoms with van der Waals surface area (Å²) >= 11 is 0. The minimum absolute atomic E-state index is 0.703. The number of para-hydroxylation sites is 1. The molecule has 2 aromatic heterocycles. The van der Waals surface area contributed by atoms with Crippen LogP contribution < -0.4 is 0 Å². The summed E-state index contributed by atoms with van der Waals surface area (Å²) in [5.41, 5.74) is 8.26. The van der Waals surface area contributed by atoms with E-state index in [0.29, 0.717) is 5.82 Å². The van der Waals surface area contributed by atoms with Gasteiger partial charge in [0.25, 0.3) is 0 Å². The normalized spacial score (nSPS) is 11.3. The van der Waals surface area contributed by atoms with Crippen molar-refractivity contribution in [2.24, 2.45) is 0 Å². The first-order valence-corrected chi connectivity index (χ1v) is 14.1. The second-order valence-electron chi connectivity index (χ2n) is 10.5. The van der Waals surface area contributed by atoms with E-state index in [4.69, 9.17) is 9.97 Å². The third-order valence-electron chi connectivity index (χ3n) is 7.96. The van der Waals surface area contributed by atoms with Crippen LogP contribution in [0, 0.1) is 0 Å². The van der Waals surface area contributed by atoms with E-state index < -0.39 is 0 Å². The van der Waals surface area contributed by atoms with Gasteiger partial charge in [-0.25, -0.2) is 9.97 Å². The van der Waals surface area contributed by atoms with Crippen LogP contribution in [0.15, 0.2) is 152 Å². The molecular weight excluding hydrogens is 510 g/mol.